The van der Waals surface area contributed by atoms with E-state index in [-0.39, 0.29) is 17.9 Å². The summed E-state index contributed by atoms with van der Waals surface area (Å²) in [5.74, 6) is -0.442. The van der Waals surface area contributed by atoms with Crippen molar-refractivity contribution in [3.05, 3.63) is 57.6 Å². The second-order valence-electron chi connectivity index (χ2n) is 7.64. The Bertz CT molecular complexity index is 1010. The van der Waals surface area contributed by atoms with Gasteiger partial charge in [-0.15, -0.1) is 0 Å². The summed E-state index contributed by atoms with van der Waals surface area (Å²) in [6.45, 7) is 3.35. The zero-order chi connectivity index (χ0) is 24.3. The number of carboxylic acids is 1. The van der Waals surface area contributed by atoms with Crippen LogP contribution in [0.25, 0.3) is 0 Å². The van der Waals surface area contributed by atoms with Crippen molar-refractivity contribution < 1.29 is 38.0 Å². The van der Waals surface area contributed by atoms with Gasteiger partial charge in [0.2, 0.25) is 9.84 Å². The summed E-state index contributed by atoms with van der Waals surface area (Å²) in [4.78, 5) is 11.2. The van der Waals surface area contributed by atoms with Gasteiger partial charge in [0.15, 0.2) is 0 Å². The van der Waals surface area contributed by atoms with Crippen LogP contribution in [0, 0.1) is 0 Å². The second kappa shape index (κ2) is 13.1. The highest BCUT2D eigenvalue weighted by Crippen LogP contribution is 2.37. The molecule has 33 heavy (non-hydrogen) atoms. The number of aromatic hydroxyl groups is 1. The molecule has 8 nitrogen and oxygen atoms in total. The summed E-state index contributed by atoms with van der Waals surface area (Å²) in [5.41, 5.74) is -0.117. The van der Waals surface area contributed by atoms with Crippen LogP contribution in [-0.4, -0.2) is 49.5 Å². The smallest absolute Gasteiger partial charge is 0.339 e. The number of allylic oxidation sites excluding steroid dienone is 3. The first-order valence-electron chi connectivity index (χ1n) is 11.1. The molecule has 1 aromatic rings. The van der Waals surface area contributed by atoms with E-state index in [0.717, 1.165) is 44.9 Å². The van der Waals surface area contributed by atoms with Gasteiger partial charge in [0.05, 0.1) is 18.1 Å². The Balaban J connectivity index is 0.000000245. The molecule has 0 saturated heterocycles. The number of benzene rings is 1. The first-order chi connectivity index (χ1) is 15.8. The number of carboxylic acid groups (broad SMARTS) is 1. The SMILES string of the molecule is CCCOc1ccc(C(=O)O)c(O)c1.O=S1(=O)C2=CC(OCCCCCCCCO)=C1C=C2. The molecule has 2 aliphatic heterocycles. The Morgan fingerprint density at radius 3 is 2.21 bits per heavy atom. The number of aliphatic hydroxyl groups excluding tert-OH is 1. The molecule has 3 N–H and O–H groups in total. The lowest BCUT2D eigenvalue weighted by Gasteiger charge is -2.06. The van der Waals surface area contributed by atoms with Crippen LogP contribution in [0.15, 0.2) is 52.0 Å². The Labute approximate surface area is 194 Å². The van der Waals surface area contributed by atoms with Crippen LogP contribution >= 0.6 is 0 Å². The van der Waals surface area contributed by atoms with Crippen molar-refractivity contribution in [1.29, 1.82) is 0 Å². The van der Waals surface area contributed by atoms with E-state index < -0.39 is 15.8 Å². The summed E-state index contributed by atoms with van der Waals surface area (Å²) in [7, 11) is -3.22. The number of phenols is 1. The number of rotatable bonds is 13. The predicted octanol–water partition coefficient (Wildman–Crippen LogP) is 4.31. The van der Waals surface area contributed by atoms with Crippen LogP contribution in [0.2, 0.25) is 0 Å². The fraction of sp³-hybridized carbons (Fsp3) is 0.458. The molecule has 0 aromatic heterocycles. The Kier molecular flexibility index (Phi) is 10.5. The molecule has 0 atom stereocenters. The molecular weight excluding hydrogens is 448 g/mol. The van der Waals surface area contributed by atoms with Crippen molar-refractivity contribution >= 4 is 15.8 Å². The van der Waals surface area contributed by atoms with Gasteiger partial charge in [0.1, 0.15) is 27.7 Å². The van der Waals surface area contributed by atoms with Crippen LogP contribution in [0.3, 0.4) is 0 Å². The largest absolute Gasteiger partial charge is 0.507 e. The maximum Gasteiger partial charge on any atom is 0.339 e. The Hall–Kier alpha value is -2.78. The number of fused-ring (bicyclic) bond motifs is 2. The standard InChI is InChI=1S/C14H20O4S.C10H12O4/c15-9-5-3-1-2-4-6-10-18-13-11-12-7-8-14(13)19(12,16)17;1-2-5-14-7-3-4-8(10(12)13)9(11)6-7/h7-8,11,15H,1-6,9-10H2;3-4,6,11H,2,5H2,1H3,(H,12,13). The zero-order valence-electron chi connectivity index (χ0n) is 18.8. The first kappa shape index (κ1) is 26.5. The zero-order valence-corrected chi connectivity index (χ0v) is 19.6. The highest BCUT2D eigenvalue weighted by atomic mass is 32.2. The number of aliphatic hydroxyl groups is 1. The van der Waals surface area contributed by atoms with Gasteiger partial charge in [-0.05, 0) is 43.5 Å². The molecule has 0 saturated carbocycles. The van der Waals surface area contributed by atoms with Crippen LogP contribution in [-0.2, 0) is 14.6 Å². The summed E-state index contributed by atoms with van der Waals surface area (Å²) in [6, 6.07) is 4.15. The van der Waals surface area contributed by atoms with Crippen molar-refractivity contribution in [3.63, 3.8) is 0 Å². The molecule has 0 spiro atoms. The summed E-state index contributed by atoms with van der Waals surface area (Å²) in [6.07, 6.45) is 11.9. The van der Waals surface area contributed by atoms with Crippen LogP contribution in [0.1, 0.15) is 62.2 Å². The van der Waals surface area contributed by atoms with Gasteiger partial charge in [-0.3, -0.25) is 0 Å². The van der Waals surface area contributed by atoms with Gasteiger partial charge in [0, 0.05) is 18.7 Å². The fourth-order valence-electron chi connectivity index (χ4n) is 3.22. The van der Waals surface area contributed by atoms with Crippen molar-refractivity contribution in [2.24, 2.45) is 0 Å². The number of sulfone groups is 1. The third-order valence-corrected chi connectivity index (χ3v) is 6.79. The van der Waals surface area contributed by atoms with Crippen LogP contribution < -0.4 is 4.74 Å². The van der Waals surface area contributed by atoms with Gasteiger partial charge in [-0.1, -0.05) is 32.6 Å². The maximum absolute atomic E-state index is 11.7. The van der Waals surface area contributed by atoms with Gasteiger partial charge < -0.3 is 24.8 Å². The minimum atomic E-state index is -3.22. The molecule has 9 heteroatoms. The minimum Gasteiger partial charge on any atom is -0.507 e. The first-order valence-corrected chi connectivity index (χ1v) is 12.6. The van der Waals surface area contributed by atoms with E-state index in [1.807, 2.05) is 6.92 Å². The minimum absolute atomic E-state index is 0.117. The molecule has 0 radical (unpaired) electrons. The van der Waals surface area contributed by atoms with E-state index in [9.17, 15) is 18.3 Å². The third-order valence-electron chi connectivity index (χ3n) is 5.00. The lowest BCUT2D eigenvalue weighted by Crippen LogP contribution is -1.98. The molecule has 0 unspecified atom stereocenters. The number of unbranched alkanes of at least 4 members (excludes halogenated alkanes) is 5. The van der Waals surface area contributed by atoms with E-state index in [1.54, 1.807) is 18.2 Å². The lowest BCUT2D eigenvalue weighted by atomic mass is 10.1. The number of hydrogen-bond acceptors (Lipinski definition) is 7. The molecular formula is C24H32O8S. The number of ether oxygens (including phenoxy) is 2. The van der Waals surface area contributed by atoms with Gasteiger partial charge in [-0.2, -0.15) is 0 Å². The summed E-state index contributed by atoms with van der Waals surface area (Å²) >= 11 is 0. The average molecular weight is 481 g/mol. The summed E-state index contributed by atoms with van der Waals surface area (Å²) in [5, 5.41) is 26.6. The van der Waals surface area contributed by atoms with Gasteiger partial charge in [0.25, 0.3) is 0 Å². The highest BCUT2D eigenvalue weighted by Gasteiger charge is 2.34. The van der Waals surface area contributed by atoms with Crippen molar-refractivity contribution in [2.45, 2.75) is 51.9 Å². The third kappa shape index (κ3) is 7.64. The van der Waals surface area contributed by atoms with Crippen LogP contribution in [0.5, 0.6) is 11.5 Å². The molecule has 3 rings (SSSR count). The maximum atomic E-state index is 11.7. The molecule has 2 heterocycles. The number of hydrogen-bond donors (Lipinski definition) is 3. The second-order valence-corrected chi connectivity index (χ2v) is 9.56. The molecule has 1 aromatic carbocycles. The fourth-order valence-corrected chi connectivity index (χ4v) is 4.62. The van der Waals surface area contributed by atoms with Gasteiger partial charge >= 0.3 is 5.97 Å². The number of aromatic carboxylic acids is 1. The van der Waals surface area contributed by atoms with Crippen LogP contribution in [0.4, 0.5) is 0 Å². The van der Waals surface area contributed by atoms with Gasteiger partial charge in [-0.25, -0.2) is 13.2 Å². The normalized spacial score (nSPS) is 15.2. The molecule has 0 aliphatic carbocycles. The van der Waals surface area contributed by atoms with Crippen molar-refractivity contribution in [2.75, 3.05) is 19.8 Å². The molecule has 2 aliphatic rings. The molecule has 0 amide bonds. The predicted molar refractivity (Wildman–Crippen MR) is 125 cm³/mol. The topological polar surface area (TPSA) is 130 Å². The van der Waals surface area contributed by atoms with E-state index in [4.69, 9.17) is 19.7 Å². The highest BCUT2D eigenvalue weighted by molar-refractivity contribution is 8.00. The van der Waals surface area contributed by atoms with E-state index in [2.05, 4.69) is 0 Å². The monoisotopic (exact) mass is 480 g/mol. The Morgan fingerprint density at radius 2 is 1.67 bits per heavy atom. The van der Waals surface area contributed by atoms with Crippen molar-refractivity contribution in [1.82, 2.24) is 0 Å². The summed E-state index contributed by atoms with van der Waals surface area (Å²) < 4.78 is 34.2. The van der Waals surface area contributed by atoms with E-state index >= 15 is 0 Å². The Morgan fingerprint density at radius 1 is 0.970 bits per heavy atom. The molecule has 2 bridgehead atoms. The van der Waals surface area contributed by atoms with Crippen molar-refractivity contribution in [3.8, 4) is 11.5 Å². The average Bonchev–Trinajstić information content (AvgIpc) is 3.20. The molecule has 0 fully saturated rings. The quantitative estimate of drug-likeness (QED) is 0.356. The number of carbonyl (C=O) groups is 1. The van der Waals surface area contributed by atoms with E-state index in [1.165, 1.54) is 18.2 Å². The van der Waals surface area contributed by atoms with E-state index in [0.29, 0.717) is 34.5 Å². The lowest BCUT2D eigenvalue weighted by molar-refractivity contribution is 0.0693. The molecule has 182 valence electrons.